The molecule has 0 bridgehead atoms. The van der Waals surface area contributed by atoms with Crippen molar-refractivity contribution in [3.8, 4) is 0 Å². The average Bonchev–Trinajstić information content (AvgIpc) is 2.65. The van der Waals surface area contributed by atoms with Crippen LogP contribution in [0.3, 0.4) is 0 Å². The largest absolute Gasteiger partial charge is 0.462 e. The van der Waals surface area contributed by atoms with Gasteiger partial charge in [0.05, 0.1) is 12.2 Å². The second-order valence-corrected chi connectivity index (χ2v) is 6.33. The molecule has 0 heterocycles. The number of hydrogen-bond donors (Lipinski definition) is 1. The van der Waals surface area contributed by atoms with Crippen LogP contribution in [0.5, 0.6) is 0 Å². The van der Waals surface area contributed by atoms with E-state index >= 15 is 0 Å². The van der Waals surface area contributed by atoms with Crippen molar-refractivity contribution in [2.45, 2.75) is 13.3 Å². The van der Waals surface area contributed by atoms with Gasteiger partial charge in [0, 0.05) is 21.8 Å². The zero-order valence-electron chi connectivity index (χ0n) is 14.2. The highest BCUT2D eigenvalue weighted by Gasteiger charge is 2.08. The van der Waals surface area contributed by atoms with Crippen molar-refractivity contribution in [2.24, 2.45) is 0 Å². The molecule has 0 saturated carbocycles. The van der Waals surface area contributed by atoms with Gasteiger partial charge in [-0.1, -0.05) is 28.9 Å². The number of carbonyl (C=O) groups is 3. The van der Waals surface area contributed by atoms with Crippen LogP contribution in [0.2, 0.25) is 0 Å². The second kappa shape index (κ2) is 9.68. The van der Waals surface area contributed by atoms with Crippen molar-refractivity contribution in [1.82, 2.24) is 0 Å². The number of ether oxygens (including phenoxy) is 1. The first-order chi connectivity index (χ1) is 12.5. The van der Waals surface area contributed by atoms with Crippen LogP contribution in [-0.4, -0.2) is 24.3 Å². The Labute approximate surface area is 160 Å². The minimum atomic E-state index is -0.463. The first-order valence-electron chi connectivity index (χ1n) is 8.05. The average molecular weight is 416 g/mol. The third-order valence-corrected chi connectivity index (χ3v) is 3.85. The Morgan fingerprint density at radius 2 is 1.77 bits per heavy atom. The van der Waals surface area contributed by atoms with E-state index in [1.807, 2.05) is 6.92 Å². The molecule has 26 heavy (non-hydrogen) atoms. The molecule has 0 aliphatic rings. The summed E-state index contributed by atoms with van der Waals surface area (Å²) in [5, 5.41) is 2.62. The van der Waals surface area contributed by atoms with Crippen molar-refractivity contribution in [1.29, 1.82) is 0 Å². The van der Waals surface area contributed by atoms with Crippen LogP contribution < -0.4 is 5.32 Å². The summed E-state index contributed by atoms with van der Waals surface area (Å²) in [6.45, 7) is 2.25. The molecular weight excluding hydrogens is 398 g/mol. The summed E-state index contributed by atoms with van der Waals surface area (Å²) < 4.78 is 5.93. The smallest absolute Gasteiger partial charge is 0.338 e. The zero-order valence-corrected chi connectivity index (χ0v) is 15.8. The van der Waals surface area contributed by atoms with Crippen molar-refractivity contribution in [2.75, 3.05) is 11.9 Å². The standard InChI is InChI=1S/C20H18BrNO4/c1-2-12-26-20(25)15-4-3-5-17(13-15)22-19(24)11-10-18(23)14-6-8-16(21)9-7-14/h3-11,13H,2,12H2,1H3,(H,22,24)/b11-10+. The molecule has 0 saturated heterocycles. The summed E-state index contributed by atoms with van der Waals surface area (Å²) in [7, 11) is 0. The van der Waals surface area contributed by atoms with E-state index in [9.17, 15) is 14.4 Å². The Kier molecular flexibility index (Phi) is 7.29. The highest BCUT2D eigenvalue weighted by atomic mass is 79.9. The number of halogens is 1. The molecule has 2 aromatic carbocycles. The molecule has 0 atom stereocenters. The Balaban J connectivity index is 1.97. The molecule has 5 nitrogen and oxygen atoms in total. The van der Waals surface area contributed by atoms with Gasteiger partial charge in [0.2, 0.25) is 5.91 Å². The number of ketones is 1. The lowest BCUT2D eigenvalue weighted by molar-refractivity contribution is -0.111. The number of benzene rings is 2. The topological polar surface area (TPSA) is 72.5 Å². The molecule has 0 unspecified atom stereocenters. The van der Waals surface area contributed by atoms with Crippen molar-refractivity contribution >= 4 is 39.3 Å². The molecular formula is C20H18BrNO4. The summed E-state index contributed by atoms with van der Waals surface area (Å²) in [5.41, 5.74) is 1.28. The van der Waals surface area contributed by atoms with Crippen LogP contribution in [0, 0.1) is 0 Å². The van der Waals surface area contributed by atoms with E-state index in [-0.39, 0.29) is 5.78 Å². The Hall–Kier alpha value is -2.73. The van der Waals surface area contributed by atoms with E-state index in [0.29, 0.717) is 23.4 Å². The number of carbonyl (C=O) groups excluding carboxylic acids is 3. The molecule has 0 fully saturated rings. The first kappa shape index (κ1) is 19.6. The monoisotopic (exact) mass is 415 g/mol. The molecule has 0 aromatic heterocycles. The van der Waals surface area contributed by atoms with Crippen molar-refractivity contribution < 1.29 is 19.1 Å². The number of hydrogen-bond acceptors (Lipinski definition) is 4. The third-order valence-electron chi connectivity index (χ3n) is 3.32. The lowest BCUT2D eigenvalue weighted by Crippen LogP contribution is -2.10. The summed E-state index contributed by atoms with van der Waals surface area (Å²) >= 11 is 3.30. The quantitative estimate of drug-likeness (QED) is 0.413. The van der Waals surface area contributed by atoms with Crippen LogP contribution in [0.25, 0.3) is 0 Å². The summed E-state index contributed by atoms with van der Waals surface area (Å²) in [6.07, 6.45) is 3.10. The van der Waals surface area contributed by atoms with Gasteiger partial charge in [0.25, 0.3) is 0 Å². The molecule has 6 heteroatoms. The SMILES string of the molecule is CCCOC(=O)c1cccc(NC(=O)/C=C/C(=O)c2ccc(Br)cc2)c1. The molecule has 0 spiro atoms. The van der Waals surface area contributed by atoms with E-state index in [2.05, 4.69) is 21.2 Å². The Morgan fingerprint density at radius 3 is 2.46 bits per heavy atom. The number of esters is 1. The summed E-state index contributed by atoms with van der Waals surface area (Å²) in [4.78, 5) is 35.8. The normalized spacial score (nSPS) is 10.5. The van der Waals surface area contributed by atoms with Gasteiger partial charge in [-0.3, -0.25) is 9.59 Å². The van der Waals surface area contributed by atoms with E-state index in [4.69, 9.17) is 4.74 Å². The molecule has 2 aromatic rings. The number of anilines is 1. The van der Waals surface area contributed by atoms with Gasteiger partial charge in [-0.2, -0.15) is 0 Å². The lowest BCUT2D eigenvalue weighted by Gasteiger charge is -2.06. The maximum atomic E-state index is 12.0. The third kappa shape index (κ3) is 5.97. The van der Waals surface area contributed by atoms with Crippen LogP contribution in [0.4, 0.5) is 5.69 Å². The minimum Gasteiger partial charge on any atom is -0.462 e. The Morgan fingerprint density at radius 1 is 1.04 bits per heavy atom. The van der Waals surface area contributed by atoms with E-state index in [0.717, 1.165) is 17.0 Å². The van der Waals surface area contributed by atoms with Crippen LogP contribution in [0.15, 0.2) is 65.2 Å². The fourth-order valence-corrected chi connectivity index (χ4v) is 2.31. The Bertz CT molecular complexity index is 828. The van der Waals surface area contributed by atoms with Crippen molar-refractivity contribution in [3.05, 3.63) is 76.3 Å². The van der Waals surface area contributed by atoms with Crippen LogP contribution in [0.1, 0.15) is 34.1 Å². The van der Waals surface area contributed by atoms with Gasteiger partial charge in [0.15, 0.2) is 5.78 Å². The van der Waals surface area contributed by atoms with E-state index < -0.39 is 11.9 Å². The predicted molar refractivity (Wildman–Crippen MR) is 103 cm³/mol. The van der Waals surface area contributed by atoms with Gasteiger partial charge in [-0.25, -0.2) is 4.79 Å². The van der Waals surface area contributed by atoms with Gasteiger partial charge >= 0.3 is 5.97 Å². The van der Waals surface area contributed by atoms with Gasteiger partial charge < -0.3 is 10.1 Å². The molecule has 134 valence electrons. The molecule has 0 radical (unpaired) electrons. The molecule has 0 aliphatic heterocycles. The van der Waals surface area contributed by atoms with Crippen LogP contribution in [-0.2, 0) is 9.53 Å². The number of amides is 1. The van der Waals surface area contributed by atoms with Gasteiger partial charge in [-0.15, -0.1) is 0 Å². The van der Waals surface area contributed by atoms with E-state index in [1.165, 1.54) is 12.1 Å². The first-order valence-corrected chi connectivity index (χ1v) is 8.85. The van der Waals surface area contributed by atoms with Crippen LogP contribution >= 0.6 is 15.9 Å². The maximum absolute atomic E-state index is 12.0. The fourth-order valence-electron chi connectivity index (χ4n) is 2.05. The molecule has 0 aliphatic carbocycles. The summed E-state index contributed by atoms with van der Waals surface area (Å²) in [6, 6.07) is 13.3. The molecule has 2 rings (SSSR count). The molecule has 1 N–H and O–H groups in total. The maximum Gasteiger partial charge on any atom is 0.338 e. The fraction of sp³-hybridized carbons (Fsp3) is 0.150. The number of nitrogens with one attached hydrogen (secondary N) is 1. The van der Waals surface area contributed by atoms with Gasteiger partial charge in [-0.05, 0) is 55.0 Å². The van der Waals surface area contributed by atoms with E-state index in [1.54, 1.807) is 42.5 Å². The predicted octanol–water partition coefficient (Wildman–Crippen LogP) is 4.39. The highest BCUT2D eigenvalue weighted by Crippen LogP contribution is 2.13. The summed E-state index contributed by atoms with van der Waals surface area (Å²) in [5.74, 6) is -1.18. The molecule has 1 amide bonds. The number of allylic oxidation sites excluding steroid dienone is 1. The lowest BCUT2D eigenvalue weighted by atomic mass is 10.1. The van der Waals surface area contributed by atoms with Gasteiger partial charge in [0.1, 0.15) is 0 Å². The number of rotatable bonds is 7. The highest BCUT2D eigenvalue weighted by molar-refractivity contribution is 9.10. The van der Waals surface area contributed by atoms with Crippen molar-refractivity contribution in [3.63, 3.8) is 0 Å². The second-order valence-electron chi connectivity index (χ2n) is 5.41. The minimum absolute atomic E-state index is 0.274. The zero-order chi connectivity index (χ0) is 18.9.